The SMILES string of the molecule is O=C(Cc1ccc(N2CCCCC2)cc1)Nc1ccc2c(c1)OCCO2. The molecule has 2 aliphatic rings. The summed E-state index contributed by atoms with van der Waals surface area (Å²) in [5.41, 5.74) is 2.99. The predicted octanol–water partition coefficient (Wildman–Crippen LogP) is 3.63. The molecule has 4 rings (SSSR count). The number of hydrogen-bond donors (Lipinski definition) is 1. The summed E-state index contributed by atoms with van der Waals surface area (Å²) in [5, 5.41) is 2.93. The number of rotatable bonds is 4. The van der Waals surface area contributed by atoms with Gasteiger partial charge in [0.25, 0.3) is 0 Å². The molecule has 0 radical (unpaired) electrons. The normalized spacial score (nSPS) is 16.2. The number of nitrogens with one attached hydrogen (secondary N) is 1. The Balaban J connectivity index is 1.35. The van der Waals surface area contributed by atoms with Gasteiger partial charge >= 0.3 is 0 Å². The Morgan fingerprint density at radius 1 is 0.923 bits per heavy atom. The van der Waals surface area contributed by atoms with Crippen molar-refractivity contribution in [3.63, 3.8) is 0 Å². The largest absolute Gasteiger partial charge is 0.486 e. The van der Waals surface area contributed by atoms with Crippen LogP contribution in [0.1, 0.15) is 24.8 Å². The molecule has 5 heteroatoms. The summed E-state index contributed by atoms with van der Waals surface area (Å²) >= 11 is 0. The highest BCUT2D eigenvalue weighted by molar-refractivity contribution is 5.92. The van der Waals surface area contributed by atoms with E-state index in [0.29, 0.717) is 25.4 Å². The average molecular weight is 352 g/mol. The second-order valence-corrected chi connectivity index (χ2v) is 6.80. The van der Waals surface area contributed by atoms with Crippen LogP contribution in [0, 0.1) is 0 Å². The molecule has 2 aromatic rings. The number of nitrogens with zero attached hydrogens (tertiary/aromatic N) is 1. The highest BCUT2D eigenvalue weighted by atomic mass is 16.6. The van der Waals surface area contributed by atoms with Crippen LogP contribution in [-0.2, 0) is 11.2 Å². The molecule has 136 valence electrons. The van der Waals surface area contributed by atoms with E-state index in [-0.39, 0.29) is 5.91 Å². The van der Waals surface area contributed by atoms with Gasteiger partial charge in [-0.2, -0.15) is 0 Å². The fraction of sp³-hybridized carbons (Fsp3) is 0.381. The van der Waals surface area contributed by atoms with E-state index in [0.717, 1.165) is 30.1 Å². The summed E-state index contributed by atoms with van der Waals surface area (Å²) < 4.78 is 11.1. The van der Waals surface area contributed by atoms with Crippen LogP contribution in [0.15, 0.2) is 42.5 Å². The van der Waals surface area contributed by atoms with Gasteiger partial charge in [-0.05, 0) is 49.1 Å². The van der Waals surface area contributed by atoms with Gasteiger partial charge in [-0.15, -0.1) is 0 Å². The van der Waals surface area contributed by atoms with Gasteiger partial charge in [0.1, 0.15) is 13.2 Å². The Kier molecular flexibility index (Phi) is 4.95. The van der Waals surface area contributed by atoms with Gasteiger partial charge < -0.3 is 19.7 Å². The fourth-order valence-electron chi connectivity index (χ4n) is 3.49. The maximum atomic E-state index is 12.3. The number of benzene rings is 2. The topological polar surface area (TPSA) is 50.8 Å². The van der Waals surface area contributed by atoms with Crippen molar-refractivity contribution in [1.29, 1.82) is 0 Å². The number of amides is 1. The summed E-state index contributed by atoms with van der Waals surface area (Å²) in [6.45, 7) is 3.35. The molecule has 26 heavy (non-hydrogen) atoms. The van der Waals surface area contributed by atoms with E-state index in [1.54, 1.807) is 0 Å². The van der Waals surface area contributed by atoms with Crippen LogP contribution < -0.4 is 19.7 Å². The molecule has 5 nitrogen and oxygen atoms in total. The van der Waals surface area contributed by atoms with Crippen molar-refractivity contribution in [1.82, 2.24) is 0 Å². The summed E-state index contributed by atoms with van der Waals surface area (Å²) in [6, 6.07) is 13.8. The minimum atomic E-state index is -0.0348. The van der Waals surface area contributed by atoms with Crippen LogP contribution in [0.25, 0.3) is 0 Å². The van der Waals surface area contributed by atoms with Crippen LogP contribution >= 0.6 is 0 Å². The van der Waals surface area contributed by atoms with E-state index in [2.05, 4.69) is 22.3 Å². The molecule has 0 atom stereocenters. The van der Waals surface area contributed by atoms with E-state index in [4.69, 9.17) is 9.47 Å². The number of piperidine rings is 1. The lowest BCUT2D eigenvalue weighted by Gasteiger charge is -2.28. The zero-order valence-corrected chi connectivity index (χ0v) is 14.9. The third kappa shape index (κ3) is 3.93. The highest BCUT2D eigenvalue weighted by Gasteiger charge is 2.14. The molecule has 0 aromatic heterocycles. The lowest BCUT2D eigenvalue weighted by Crippen LogP contribution is -2.29. The molecule has 0 saturated carbocycles. The number of fused-ring (bicyclic) bond motifs is 1. The Morgan fingerprint density at radius 3 is 2.42 bits per heavy atom. The molecule has 1 saturated heterocycles. The van der Waals surface area contributed by atoms with Crippen molar-refractivity contribution in [2.45, 2.75) is 25.7 Å². The van der Waals surface area contributed by atoms with E-state index in [9.17, 15) is 4.79 Å². The summed E-state index contributed by atoms with van der Waals surface area (Å²) in [7, 11) is 0. The Morgan fingerprint density at radius 2 is 1.65 bits per heavy atom. The van der Waals surface area contributed by atoms with Gasteiger partial charge in [-0.25, -0.2) is 0 Å². The maximum absolute atomic E-state index is 12.3. The summed E-state index contributed by atoms with van der Waals surface area (Å²) in [5.74, 6) is 1.37. The number of carbonyl (C=O) groups is 1. The maximum Gasteiger partial charge on any atom is 0.228 e. The third-order valence-electron chi connectivity index (χ3n) is 4.85. The Labute approximate surface area is 153 Å². The minimum Gasteiger partial charge on any atom is -0.486 e. The molecule has 2 heterocycles. The monoisotopic (exact) mass is 352 g/mol. The first-order chi connectivity index (χ1) is 12.8. The van der Waals surface area contributed by atoms with Crippen molar-refractivity contribution in [2.24, 2.45) is 0 Å². The van der Waals surface area contributed by atoms with Crippen molar-refractivity contribution in [2.75, 3.05) is 36.5 Å². The number of hydrogen-bond acceptors (Lipinski definition) is 4. The fourth-order valence-corrected chi connectivity index (χ4v) is 3.49. The lowest BCUT2D eigenvalue weighted by atomic mass is 10.1. The van der Waals surface area contributed by atoms with E-state index in [1.807, 2.05) is 30.3 Å². The number of carbonyl (C=O) groups excluding carboxylic acids is 1. The highest BCUT2D eigenvalue weighted by Crippen LogP contribution is 2.32. The lowest BCUT2D eigenvalue weighted by molar-refractivity contribution is -0.115. The van der Waals surface area contributed by atoms with E-state index >= 15 is 0 Å². The van der Waals surface area contributed by atoms with Gasteiger partial charge in [0.15, 0.2) is 11.5 Å². The predicted molar refractivity (Wildman–Crippen MR) is 102 cm³/mol. The molecule has 0 unspecified atom stereocenters. The molecular formula is C21H24N2O3. The van der Waals surface area contributed by atoms with Crippen LogP contribution in [0.4, 0.5) is 11.4 Å². The number of anilines is 2. The Bertz CT molecular complexity index is 767. The van der Waals surface area contributed by atoms with Gasteiger partial charge in [0.05, 0.1) is 6.42 Å². The standard InChI is InChI=1S/C21H24N2O3/c24-21(22-17-6-9-19-20(15-17)26-13-12-25-19)14-16-4-7-18(8-5-16)23-10-2-1-3-11-23/h4-9,15H,1-3,10-14H2,(H,22,24). The molecule has 0 aliphatic carbocycles. The van der Waals surface area contributed by atoms with Crippen molar-refractivity contribution < 1.29 is 14.3 Å². The zero-order valence-electron chi connectivity index (χ0n) is 14.9. The summed E-state index contributed by atoms with van der Waals surface area (Å²) in [6.07, 6.45) is 4.21. The molecular weight excluding hydrogens is 328 g/mol. The molecule has 0 spiro atoms. The van der Waals surface area contributed by atoms with Crippen molar-refractivity contribution >= 4 is 17.3 Å². The first-order valence-corrected chi connectivity index (χ1v) is 9.31. The van der Waals surface area contributed by atoms with Crippen molar-refractivity contribution in [3.8, 4) is 11.5 Å². The minimum absolute atomic E-state index is 0.0348. The first-order valence-electron chi connectivity index (χ1n) is 9.31. The van der Waals surface area contributed by atoms with Gasteiger partial charge in [-0.3, -0.25) is 4.79 Å². The molecule has 2 aliphatic heterocycles. The van der Waals surface area contributed by atoms with Crippen LogP contribution in [0.2, 0.25) is 0 Å². The smallest absolute Gasteiger partial charge is 0.228 e. The van der Waals surface area contributed by atoms with Crippen LogP contribution in [0.5, 0.6) is 11.5 Å². The zero-order chi connectivity index (χ0) is 17.8. The molecule has 1 N–H and O–H groups in total. The second-order valence-electron chi connectivity index (χ2n) is 6.80. The summed E-state index contributed by atoms with van der Waals surface area (Å²) in [4.78, 5) is 14.8. The van der Waals surface area contributed by atoms with Crippen LogP contribution in [-0.4, -0.2) is 32.2 Å². The van der Waals surface area contributed by atoms with E-state index in [1.165, 1.54) is 24.9 Å². The van der Waals surface area contributed by atoms with Crippen LogP contribution in [0.3, 0.4) is 0 Å². The van der Waals surface area contributed by atoms with E-state index < -0.39 is 0 Å². The van der Waals surface area contributed by atoms with Crippen molar-refractivity contribution in [3.05, 3.63) is 48.0 Å². The first kappa shape index (κ1) is 16.8. The Hall–Kier alpha value is -2.69. The molecule has 1 amide bonds. The van der Waals surface area contributed by atoms with Gasteiger partial charge in [-0.1, -0.05) is 12.1 Å². The van der Waals surface area contributed by atoms with Gasteiger partial charge in [0.2, 0.25) is 5.91 Å². The molecule has 2 aromatic carbocycles. The quantitative estimate of drug-likeness (QED) is 0.913. The molecule has 1 fully saturated rings. The third-order valence-corrected chi connectivity index (χ3v) is 4.85. The second kappa shape index (κ2) is 7.68. The van der Waals surface area contributed by atoms with Gasteiger partial charge in [0, 0.05) is 30.5 Å². The number of ether oxygens (including phenoxy) is 2. The molecule has 0 bridgehead atoms. The average Bonchev–Trinajstić information content (AvgIpc) is 2.69.